The summed E-state index contributed by atoms with van der Waals surface area (Å²) >= 11 is 0. The second-order valence-corrected chi connectivity index (χ2v) is 9.75. The van der Waals surface area contributed by atoms with Crippen LogP contribution in [0.3, 0.4) is 0 Å². The number of nitrogens with one attached hydrogen (secondary N) is 1. The predicted molar refractivity (Wildman–Crippen MR) is 78.1 cm³/mol. The topological polar surface area (TPSA) is 96.7 Å². The summed E-state index contributed by atoms with van der Waals surface area (Å²) in [5.41, 5.74) is 0. The summed E-state index contributed by atoms with van der Waals surface area (Å²) in [7, 11) is -3.68. The van der Waals surface area contributed by atoms with Gasteiger partial charge in [-0.15, -0.1) is 0 Å². The van der Waals surface area contributed by atoms with E-state index in [0.29, 0.717) is 31.7 Å². The quantitative estimate of drug-likeness (QED) is 0.797. The van der Waals surface area contributed by atoms with Crippen LogP contribution in [-0.2, 0) is 26.4 Å². The zero-order valence-corrected chi connectivity index (χ0v) is 13.7. The Labute approximate surface area is 125 Å². The summed E-state index contributed by atoms with van der Waals surface area (Å²) < 4.78 is 53.4. The molecule has 0 spiro atoms. The molecule has 1 saturated heterocycles. The highest BCUT2D eigenvalue weighted by Gasteiger charge is 2.30. The molecule has 21 heavy (non-hydrogen) atoms. The van der Waals surface area contributed by atoms with Crippen molar-refractivity contribution in [3.05, 3.63) is 17.9 Å². The Bertz CT molecular complexity index is 691. The van der Waals surface area contributed by atoms with Gasteiger partial charge >= 0.3 is 0 Å². The fourth-order valence-electron chi connectivity index (χ4n) is 2.22. The molecule has 1 aliphatic rings. The minimum absolute atomic E-state index is 0.113. The molecule has 1 aromatic rings. The predicted octanol–water partition coefficient (Wildman–Crippen LogP) is 0.197. The maximum Gasteiger partial charge on any atom is 0.275 e. The molecule has 0 aliphatic carbocycles. The van der Waals surface area contributed by atoms with Gasteiger partial charge in [-0.3, -0.25) is 0 Å². The molecule has 2 heterocycles. The van der Waals surface area contributed by atoms with E-state index in [-0.39, 0.29) is 16.1 Å². The van der Waals surface area contributed by atoms with Gasteiger partial charge in [-0.05, 0) is 25.0 Å². The van der Waals surface area contributed by atoms with Crippen LogP contribution in [0.5, 0.6) is 0 Å². The summed E-state index contributed by atoms with van der Waals surface area (Å²) in [5.74, 6) is 0.719. The molecule has 0 bridgehead atoms. The molecule has 7 nitrogen and oxygen atoms in total. The zero-order chi connectivity index (χ0) is 15.7. The number of sulfone groups is 1. The summed E-state index contributed by atoms with van der Waals surface area (Å²) in [5, 5.41) is 2.55. The highest BCUT2D eigenvalue weighted by atomic mass is 32.2. The third kappa shape index (κ3) is 3.65. The van der Waals surface area contributed by atoms with Crippen molar-refractivity contribution in [2.24, 2.45) is 0 Å². The van der Waals surface area contributed by atoms with Crippen LogP contribution in [0.15, 0.2) is 21.6 Å². The van der Waals surface area contributed by atoms with Gasteiger partial charge in [0.05, 0.1) is 17.5 Å². The molecule has 1 aromatic heterocycles. The third-order valence-electron chi connectivity index (χ3n) is 3.51. The van der Waals surface area contributed by atoms with E-state index in [4.69, 9.17) is 4.42 Å². The fraction of sp³-hybridized carbons (Fsp3) is 0.667. The van der Waals surface area contributed by atoms with E-state index >= 15 is 0 Å². The van der Waals surface area contributed by atoms with Crippen LogP contribution < -0.4 is 5.32 Å². The first kappa shape index (κ1) is 16.5. The number of hydrogen-bond donors (Lipinski definition) is 1. The first-order valence-corrected chi connectivity index (χ1v) is 9.82. The third-order valence-corrected chi connectivity index (χ3v) is 7.47. The molecule has 1 N–H and O–H groups in total. The number of sulfonamides is 1. The van der Waals surface area contributed by atoms with Crippen molar-refractivity contribution in [3.8, 4) is 0 Å². The van der Waals surface area contributed by atoms with Crippen molar-refractivity contribution >= 4 is 19.9 Å². The Morgan fingerprint density at radius 1 is 1.38 bits per heavy atom. The maximum atomic E-state index is 11.8. The van der Waals surface area contributed by atoms with Crippen LogP contribution in [0.4, 0.5) is 0 Å². The zero-order valence-electron chi connectivity index (χ0n) is 12.1. The van der Waals surface area contributed by atoms with E-state index in [0.717, 1.165) is 4.31 Å². The number of furan rings is 1. The molecular formula is C12H20N2O5S2. The summed E-state index contributed by atoms with van der Waals surface area (Å²) in [6, 6.07) is 2.98. The van der Waals surface area contributed by atoms with Crippen molar-refractivity contribution < 1.29 is 21.3 Å². The largest absolute Gasteiger partial charge is 0.447 e. The first-order chi connectivity index (χ1) is 9.73. The average Bonchev–Trinajstić information content (AvgIpc) is 2.97. The fourth-order valence-corrected chi connectivity index (χ4v) is 4.83. The molecule has 1 aliphatic heterocycles. The standard InChI is InChI=1S/C12H20N2O5S2/c1-14(2)21(17,18)12-6-5-10(19-12)8-13-9-11-4-3-7-20(11,15)16/h5-6,11,13H,3-4,7-9H2,1-2H3. The minimum Gasteiger partial charge on any atom is -0.447 e. The molecule has 2 rings (SSSR count). The van der Waals surface area contributed by atoms with E-state index < -0.39 is 19.9 Å². The van der Waals surface area contributed by atoms with E-state index in [1.165, 1.54) is 20.2 Å². The van der Waals surface area contributed by atoms with Crippen LogP contribution in [0, 0.1) is 0 Å². The van der Waals surface area contributed by atoms with E-state index in [1.807, 2.05) is 0 Å². The molecule has 1 fully saturated rings. The van der Waals surface area contributed by atoms with Crippen LogP contribution in [0.25, 0.3) is 0 Å². The SMILES string of the molecule is CN(C)S(=O)(=O)c1ccc(CNCC2CCCS2(=O)=O)o1. The lowest BCUT2D eigenvalue weighted by atomic mass is 10.2. The monoisotopic (exact) mass is 336 g/mol. The van der Waals surface area contributed by atoms with Crippen LogP contribution in [0.1, 0.15) is 18.6 Å². The van der Waals surface area contributed by atoms with Gasteiger partial charge in [-0.1, -0.05) is 0 Å². The summed E-state index contributed by atoms with van der Waals surface area (Å²) in [4.78, 5) is 0. The normalized spacial score (nSPS) is 22.0. The van der Waals surface area contributed by atoms with E-state index in [1.54, 1.807) is 6.07 Å². The molecule has 1 unspecified atom stereocenters. The Morgan fingerprint density at radius 2 is 2.10 bits per heavy atom. The Balaban J connectivity index is 1.92. The van der Waals surface area contributed by atoms with E-state index in [2.05, 4.69) is 5.32 Å². The Morgan fingerprint density at radius 3 is 2.67 bits per heavy atom. The second-order valence-electron chi connectivity index (χ2n) is 5.27. The lowest BCUT2D eigenvalue weighted by molar-refractivity contribution is 0.389. The average molecular weight is 336 g/mol. The number of nitrogens with zero attached hydrogens (tertiary/aromatic N) is 1. The Kier molecular flexibility index (Phi) is 4.76. The minimum atomic E-state index is -3.57. The highest BCUT2D eigenvalue weighted by Crippen LogP contribution is 2.20. The van der Waals surface area contributed by atoms with Gasteiger partial charge in [-0.25, -0.2) is 21.1 Å². The molecule has 1 atom stereocenters. The van der Waals surface area contributed by atoms with Crippen LogP contribution in [-0.4, -0.2) is 52.8 Å². The lowest BCUT2D eigenvalue weighted by Gasteiger charge is -2.10. The van der Waals surface area contributed by atoms with Gasteiger partial charge in [0.1, 0.15) is 5.76 Å². The maximum absolute atomic E-state index is 11.8. The highest BCUT2D eigenvalue weighted by molar-refractivity contribution is 7.92. The van der Waals surface area contributed by atoms with Crippen molar-refractivity contribution in [2.75, 3.05) is 26.4 Å². The van der Waals surface area contributed by atoms with E-state index in [9.17, 15) is 16.8 Å². The van der Waals surface area contributed by atoms with Gasteiger partial charge in [0.15, 0.2) is 9.84 Å². The molecule has 9 heteroatoms. The summed E-state index contributed by atoms with van der Waals surface area (Å²) in [6.07, 6.45) is 1.38. The summed E-state index contributed by atoms with van der Waals surface area (Å²) in [6.45, 7) is 0.660. The molecule has 120 valence electrons. The first-order valence-electron chi connectivity index (χ1n) is 6.67. The van der Waals surface area contributed by atoms with Gasteiger partial charge in [0.2, 0.25) is 5.09 Å². The molecule has 0 saturated carbocycles. The van der Waals surface area contributed by atoms with Gasteiger partial charge < -0.3 is 9.73 Å². The van der Waals surface area contributed by atoms with Crippen LogP contribution in [0.2, 0.25) is 0 Å². The molecule has 0 aromatic carbocycles. The molecule has 0 radical (unpaired) electrons. The van der Waals surface area contributed by atoms with Crippen molar-refractivity contribution in [3.63, 3.8) is 0 Å². The van der Waals surface area contributed by atoms with Crippen molar-refractivity contribution in [1.82, 2.24) is 9.62 Å². The number of hydrogen-bond acceptors (Lipinski definition) is 6. The van der Waals surface area contributed by atoms with Gasteiger partial charge in [-0.2, -0.15) is 0 Å². The number of rotatable bonds is 6. The second kappa shape index (κ2) is 6.07. The Hall–Kier alpha value is -0.900. The van der Waals surface area contributed by atoms with Gasteiger partial charge in [0.25, 0.3) is 10.0 Å². The van der Waals surface area contributed by atoms with Gasteiger partial charge in [0, 0.05) is 20.6 Å². The smallest absolute Gasteiger partial charge is 0.275 e. The lowest BCUT2D eigenvalue weighted by Crippen LogP contribution is -2.30. The molecular weight excluding hydrogens is 316 g/mol. The molecule has 0 amide bonds. The van der Waals surface area contributed by atoms with Crippen LogP contribution >= 0.6 is 0 Å². The van der Waals surface area contributed by atoms with Crippen molar-refractivity contribution in [2.45, 2.75) is 29.7 Å². The van der Waals surface area contributed by atoms with Crippen molar-refractivity contribution in [1.29, 1.82) is 0 Å².